The SMILES string of the molecule is O=C(CCCOc1ccc(Cl)cc1Cl)Nc1ccc([N+](=O)[O-])cc1. The van der Waals surface area contributed by atoms with Gasteiger partial charge in [0, 0.05) is 29.3 Å². The van der Waals surface area contributed by atoms with Gasteiger partial charge in [0.2, 0.25) is 5.91 Å². The van der Waals surface area contributed by atoms with E-state index in [9.17, 15) is 14.9 Å². The lowest BCUT2D eigenvalue weighted by molar-refractivity contribution is -0.384. The highest BCUT2D eigenvalue weighted by molar-refractivity contribution is 6.35. The number of hydrogen-bond donors (Lipinski definition) is 1. The highest BCUT2D eigenvalue weighted by Gasteiger charge is 2.07. The van der Waals surface area contributed by atoms with Gasteiger partial charge in [0.15, 0.2) is 0 Å². The number of anilines is 1. The third kappa shape index (κ3) is 5.40. The number of hydrogen-bond acceptors (Lipinski definition) is 4. The van der Waals surface area contributed by atoms with E-state index < -0.39 is 4.92 Å². The molecule has 8 heteroatoms. The summed E-state index contributed by atoms with van der Waals surface area (Å²) in [4.78, 5) is 21.9. The molecule has 2 aromatic carbocycles. The summed E-state index contributed by atoms with van der Waals surface area (Å²) in [7, 11) is 0. The molecule has 6 nitrogen and oxygen atoms in total. The summed E-state index contributed by atoms with van der Waals surface area (Å²) in [6, 6.07) is 10.6. The number of amides is 1. The maximum atomic E-state index is 11.8. The van der Waals surface area contributed by atoms with E-state index in [1.54, 1.807) is 18.2 Å². The van der Waals surface area contributed by atoms with E-state index in [2.05, 4.69) is 5.32 Å². The summed E-state index contributed by atoms with van der Waals surface area (Å²) < 4.78 is 5.49. The maximum Gasteiger partial charge on any atom is 0.269 e. The molecule has 0 saturated heterocycles. The first-order chi connectivity index (χ1) is 11.5. The van der Waals surface area contributed by atoms with Crippen molar-refractivity contribution in [1.82, 2.24) is 0 Å². The molecule has 0 aliphatic heterocycles. The van der Waals surface area contributed by atoms with Crippen molar-refractivity contribution >= 4 is 40.5 Å². The largest absolute Gasteiger partial charge is 0.492 e. The van der Waals surface area contributed by atoms with Crippen molar-refractivity contribution in [2.24, 2.45) is 0 Å². The monoisotopic (exact) mass is 368 g/mol. The molecule has 2 aromatic rings. The fraction of sp³-hybridized carbons (Fsp3) is 0.188. The van der Waals surface area contributed by atoms with E-state index in [1.165, 1.54) is 24.3 Å². The van der Waals surface area contributed by atoms with Crippen LogP contribution in [0.4, 0.5) is 11.4 Å². The first kappa shape index (κ1) is 18.0. The Kier molecular flexibility index (Phi) is 6.40. The Morgan fingerprint density at radius 1 is 1.17 bits per heavy atom. The number of halogens is 2. The summed E-state index contributed by atoms with van der Waals surface area (Å²) >= 11 is 11.8. The van der Waals surface area contributed by atoms with Gasteiger partial charge in [-0.25, -0.2) is 0 Å². The second-order valence-corrected chi connectivity index (χ2v) is 5.72. The number of carbonyl (C=O) groups excluding carboxylic acids is 1. The standard InChI is InChI=1S/C16H14Cl2N2O4/c17-11-3-8-15(14(18)10-11)24-9-1-2-16(21)19-12-4-6-13(7-5-12)20(22)23/h3-8,10H,1-2,9H2,(H,19,21). The van der Waals surface area contributed by atoms with Crippen LogP contribution >= 0.6 is 23.2 Å². The molecule has 1 amide bonds. The quantitative estimate of drug-likeness (QED) is 0.436. The molecule has 0 unspecified atom stereocenters. The van der Waals surface area contributed by atoms with Gasteiger partial charge in [0.1, 0.15) is 5.75 Å². The number of benzene rings is 2. The van der Waals surface area contributed by atoms with Crippen molar-refractivity contribution in [3.05, 3.63) is 62.6 Å². The highest BCUT2D eigenvalue weighted by Crippen LogP contribution is 2.27. The van der Waals surface area contributed by atoms with Crippen LogP contribution in [-0.2, 0) is 4.79 Å². The van der Waals surface area contributed by atoms with Crippen molar-refractivity contribution in [3.8, 4) is 5.75 Å². The average molecular weight is 369 g/mol. The van der Waals surface area contributed by atoms with Crippen molar-refractivity contribution in [2.75, 3.05) is 11.9 Å². The number of nitrogens with one attached hydrogen (secondary N) is 1. The molecule has 0 fully saturated rings. The van der Waals surface area contributed by atoms with Crippen molar-refractivity contribution in [3.63, 3.8) is 0 Å². The van der Waals surface area contributed by atoms with E-state index in [0.29, 0.717) is 34.5 Å². The lowest BCUT2D eigenvalue weighted by Gasteiger charge is -2.08. The second-order valence-electron chi connectivity index (χ2n) is 4.88. The van der Waals surface area contributed by atoms with Gasteiger partial charge in [-0.1, -0.05) is 23.2 Å². The molecule has 126 valence electrons. The topological polar surface area (TPSA) is 81.5 Å². The molecule has 0 aromatic heterocycles. The Bertz CT molecular complexity index is 735. The van der Waals surface area contributed by atoms with Gasteiger partial charge in [0.25, 0.3) is 5.69 Å². The number of nitrogens with zero attached hydrogens (tertiary/aromatic N) is 1. The molecule has 0 heterocycles. The lowest BCUT2D eigenvalue weighted by atomic mass is 10.2. The Morgan fingerprint density at radius 3 is 2.50 bits per heavy atom. The van der Waals surface area contributed by atoms with E-state index in [-0.39, 0.29) is 18.0 Å². The average Bonchev–Trinajstić information content (AvgIpc) is 2.53. The van der Waals surface area contributed by atoms with Crippen molar-refractivity contribution in [2.45, 2.75) is 12.8 Å². The molecule has 0 spiro atoms. The lowest BCUT2D eigenvalue weighted by Crippen LogP contribution is -2.12. The van der Waals surface area contributed by atoms with E-state index >= 15 is 0 Å². The summed E-state index contributed by atoms with van der Waals surface area (Å²) in [5.41, 5.74) is 0.480. The van der Waals surface area contributed by atoms with Crippen LogP contribution in [0.2, 0.25) is 10.0 Å². The molecule has 0 aliphatic rings. The van der Waals surface area contributed by atoms with Crippen molar-refractivity contribution in [1.29, 1.82) is 0 Å². The first-order valence-electron chi connectivity index (χ1n) is 7.08. The first-order valence-corrected chi connectivity index (χ1v) is 7.83. The Labute approximate surface area is 148 Å². The van der Waals surface area contributed by atoms with Crippen LogP contribution in [0.15, 0.2) is 42.5 Å². The second kappa shape index (κ2) is 8.52. The normalized spacial score (nSPS) is 10.2. The predicted molar refractivity (Wildman–Crippen MR) is 92.9 cm³/mol. The molecular weight excluding hydrogens is 355 g/mol. The summed E-state index contributed by atoms with van der Waals surface area (Å²) in [5.74, 6) is 0.312. The van der Waals surface area contributed by atoms with Crippen LogP contribution in [0.25, 0.3) is 0 Å². The van der Waals surface area contributed by atoms with Gasteiger partial charge in [-0.15, -0.1) is 0 Å². The number of non-ortho nitro benzene ring substituents is 1. The fourth-order valence-electron chi connectivity index (χ4n) is 1.90. The zero-order valence-corrected chi connectivity index (χ0v) is 14.0. The van der Waals surface area contributed by atoms with E-state index in [1.807, 2.05) is 0 Å². The number of carbonyl (C=O) groups is 1. The molecule has 0 saturated carbocycles. The third-order valence-corrected chi connectivity index (χ3v) is 3.59. The Morgan fingerprint density at radius 2 is 1.88 bits per heavy atom. The Hall–Kier alpha value is -2.31. The minimum Gasteiger partial charge on any atom is -0.492 e. The van der Waals surface area contributed by atoms with E-state index in [0.717, 1.165) is 0 Å². The number of nitro groups is 1. The molecule has 0 atom stereocenters. The summed E-state index contributed by atoms with van der Waals surface area (Å²) in [5, 5.41) is 14.2. The number of rotatable bonds is 7. The maximum absolute atomic E-state index is 11.8. The molecular formula is C16H14Cl2N2O4. The molecule has 24 heavy (non-hydrogen) atoms. The molecule has 1 N–H and O–H groups in total. The zero-order valence-electron chi connectivity index (χ0n) is 12.5. The van der Waals surface area contributed by atoms with Gasteiger partial charge < -0.3 is 10.1 Å². The molecule has 0 radical (unpaired) electrons. The van der Waals surface area contributed by atoms with Gasteiger partial charge >= 0.3 is 0 Å². The van der Waals surface area contributed by atoms with Crippen LogP contribution in [0, 0.1) is 10.1 Å². The van der Waals surface area contributed by atoms with Gasteiger partial charge in [-0.2, -0.15) is 0 Å². The molecule has 2 rings (SSSR count). The van der Waals surface area contributed by atoms with Gasteiger partial charge in [-0.05, 0) is 36.8 Å². The summed E-state index contributed by atoms with van der Waals surface area (Å²) in [6.07, 6.45) is 0.750. The third-order valence-electron chi connectivity index (χ3n) is 3.06. The van der Waals surface area contributed by atoms with Crippen LogP contribution in [0.1, 0.15) is 12.8 Å². The van der Waals surface area contributed by atoms with Crippen LogP contribution in [0.5, 0.6) is 5.75 Å². The number of nitro benzene ring substituents is 1. The van der Waals surface area contributed by atoms with Crippen LogP contribution < -0.4 is 10.1 Å². The molecule has 0 aliphatic carbocycles. The van der Waals surface area contributed by atoms with Crippen LogP contribution in [0.3, 0.4) is 0 Å². The minimum atomic E-state index is -0.495. The number of ether oxygens (including phenoxy) is 1. The Balaban J connectivity index is 1.74. The van der Waals surface area contributed by atoms with Crippen molar-refractivity contribution < 1.29 is 14.5 Å². The zero-order chi connectivity index (χ0) is 17.5. The fourth-order valence-corrected chi connectivity index (χ4v) is 2.36. The predicted octanol–water partition coefficient (Wildman–Crippen LogP) is 4.70. The van der Waals surface area contributed by atoms with Gasteiger partial charge in [-0.3, -0.25) is 14.9 Å². The minimum absolute atomic E-state index is 0.0266. The summed E-state index contributed by atoms with van der Waals surface area (Å²) in [6.45, 7) is 0.328. The van der Waals surface area contributed by atoms with Crippen LogP contribution in [-0.4, -0.2) is 17.4 Å². The smallest absolute Gasteiger partial charge is 0.269 e. The molecule has 0 bridgehead atoms. The van der Waals surface area contributed by atoms with E-state index in [4.69, 9.17) is 27.9 Å². The highest BCUT2D eigenvalue weighted by atomic mass is 35.5. The van der Waals surface area contributed by atoms with Gasteiger partial charge in [0.05, 0.1) is 16.6 Å².